The van der Waals surface area contributed by atoms with Crippen LogP contribution in [0.25, 0.3) is 0 Å². The second-order valence-corrected chi connectivity index (χ2v) is 3.79. The lowest BCUT2D eigenvalue weighted by Gasteiger charge is -2.36. The average molecular weight is 245 g/mol. The quantitative estimate of drug-likeness (QED) is 0.835. The highest BCUT2D eigenvalue weighted by Gasteiger charge is 2.46. The van der Waals surface area contributed by atoms with E-state index in [1.54, 1.807) is 30.3 Å². The van der Waals surface area contributed by atoms with E-state index < -0.39 is 17.6 Å². The smallest absolute Gasteiger partial charge is 0.412 e. The van der Waals surface area contributed by atoms with Crippen molar-refractivity contribution in [1.82, 2.24) is 4.90 Å². The van der Waals surface area contributed by atoms with Gasteiger partial charge < -0.3 is 10.2 Å². The highest BCUT2D eigenvalue weighted by Crippen LogP contribution is 2.33. The molecule has 0 bridgehead atoms. The summed E-state index contributed by atoms with van der Waals surface area (Å²) in [4.78, 5) is 23.6. The lowest BCUT2D eigenvalue weighted by Crippen LogP contribution is -2.51. The molecule has 0 aliphatic carbocycles. The summed E-state index contributed by atoms with van der Waals surface area (Å²) < 4.78 is 0. The van der Waals surface area contributed by atoms with E-state index in [9.17, 15) is 14.7 Å². The Morgan fingerprint density at radius 2 is 1.72 bits per heavy atom. The molecular weight excluding hydrogens is 234 g/mol. The van der Waals surface area contributed by atoms with E-state index in [0.717, 1.165) is 4.90 Å². The van der Waals surface area contributed by atoms with Gasteiger partial charge in [0.15, 0.2) is 5.54 Å². The zero-order valence-electron chi connectivity index (χ0n) is 9.35. The van der Waals surface area contributed by atoms with Crippen LogP contribution in [0.4, 0.5) is 4.79 Å². The van der Waals surface area contributed by atoms with Crippen molar-refractivity contribution in [3.63, 3.8) is 0 Å². The van der Waals surface area contributed by atoms with E-state index in [2.05, 4.69) is 0 Å². The topological polar surface area (TPSA) is 77.8 Å². The SMILES string of the molecule is O=C(O)N1C=CC=CC1(C(=O)O)c1ccccc1. The third kappa shape index (κ3) is 1.66. The van der Waals surface area contributed by atoms with Gasteiger partial charge in [-0.1, -0.05) is 36.4 Å². The predicted octanol–water partition coefficient (Wildman–Crippen LogP) is 2.03. The molecule has 0 radical (unpaired) electrons. The molecule has 1 aliphatic heterocycles. The number of nitrogens with zero attached hydrogens (tertiary/aromatic N) is 1. The van der Waals surface area contributed by atoms with Crippen molar-refractivity contribution >= 4 is 12.1 Å². The number of hydrogen-bond acceptors (Lipinski definition) is 2. The van der Waals surface area contributed by atoms with Crippen LogP contribution in [0.2, 0.25) is 0 Å². The Balaban J connectivity index is 2.64. The van der Waals surface area contributed by atoms with E-state index in [1.807, 2.05) is 0 Å². The fraction of sp³-hybridized carbons (Fsp3) is 0.0769. The molecule has 5 nitrogen and oxygen atoms in total. The van der Waals surface area contributed by atoms with Crippen molar-refractivity contribution in [2.24, 2.45) is 0 Å². The molecule has 0 fully saturated rings. The Bertz CT molecular complexity index is 535. The number of carboxylic acids is 1. The van der Waals surface area contributed by atoms with Gasteiger partial charge >= 0.3 is 12.1 Å². The first-order chi connectivity index (χ1) is 8.59. The van der Waals surface area contributed by atoms with Crippen LogP contribution in [0.5, 0.6) is 0 Å². The second-order valence-electron chi connectivity index (χ2n) is 3.79. The first-order valence-electron chi connectivity index (χ1n) is 5.26. The maximum Gasteiger partial charge on any atom is 0.412 e. The fourth-order valence-corrected chi connectivity index (χ4v) is 1.97. The minimum atomic E-state index is -1.71. The van der Waals surface area contributed by atoms with Crippen LogP contribution >= 0.6 is 0 Å². The zero-order valence-corrected chi connectivity index (χ0v) is 9.35. The normalized spacial score (nSPS) is 21.9. The van der Waals surface area contributed by atoms with E-state index >= 15 is 0 Å². The number of amides is 1. The summed E-state index contributed by atoms with van der Waals surface area (Å²) in [6.45, 7) is 0. The van der Waals surface area contributed by atoms with Crippen molar-refractivity contribution in [2.75, 3.05) is 0 Å². The Morgan fingerprint density at radius 3 is 2.28 bits per heavy atom. The molecule has 0 spiro atoms. The molecule has 0 aromatic heterocycles. The number of aliphatic carboxylic acids is 1. The summed E-state index contributed by atoms with van der Waals surface area (Å²) >= 11 is 0. The van der Waals surface area contributed by atoms with Crippen molar-refractivity contribution in [2.45, 2.75) is 5.54 Å². The summed E-state index contributed by atoms with van der Waals surface area (Å²) in [5, 5.41) is 18.6. The molecular formula is C13H11NO4. The highest BCUT2D eigenvalue weighted by molar-refractivity contribution is 5.89. The molecule has 2 N–H and O–H groups in total. The number of rotatable bonds is 2. The molecule has 1 heterocycles. The molecule has 0 saturated carbocycles. The van der Waals surface area contributed by atoms with Gasteiger partial charge in [-0.05, 0) is 17.7 Å². The molecule has 1 aliphatic rings. The number of carboxylic acid groups (broad SMARTS) is 2. The van der Waals surface area contributed by atoms with Crippen LogP contribution < -0.4 is 0 Å². The largest absolute Gasteiger partial charge is 0.479 e. The fourth-order valence-electron chi connectivity index (χ4n) is 1.97. The van der Waals surface area contributed by atoms with Crippen molar-refractivity contribution in [1.29, 1.82) is 0 Å². The first-order valence-corrected chi connectivity index (χ1v) is 5.26. The number of benzene rings is 1. The highest BCUT2D eigenvalue weighted by atomic mass is 16.4. The van der Waals surface area contributed by atoms with Gasteiger partial charge in [0, 0.05) is 6.20 Å². The molecule has 1 unspecified atom stereocenters. The van der Waals surface area contributed by atoms with Gasteiger partial charge in [-0.2, -0.15) is 0 Å². The lowest BCUT2D eigenvalue weighted by molar-refractivity contribution is -0.146. The third-order valence-electron chi connectivity index (χ3n) is 2.81. The lowest BCUT2D eigenvalue weighted by atomic mass is 9.86. The summed E-state index contributed by atoms with van der Waals surface area (Å²) in [6.07, 6.45) is 4.29. The van der Waals surface area contributed by atoms with Crippen LogP contribution in [-0.4, -0.2) is 27.2 Å². The molecule has 1 aromatic rings. The molecule has 92 valence electrons. The van der Waals surface area contributed by atoms with Crippen LogP contribution in [0.1, 0.15) is 5.56 Å². The average Bonchev–Trinajstić information content (AvgIpc) is 2.39. The predicted molar refractivity (Wildman–Crippen MR) is 63.9 cm³/mol. The molecule has 0 saturated heterocycles. The van der Waals surface area contributed by atoms with Gasteiger partial charge in [0.25, 0.3) is 0 Å². The standard InChI is InChI=1S/C13H11NO4/c15-11(16)13(10-6-2-1-3-7-10)8-4-5-9-14(13)12(17)18/h1-9H,(H,15,16)(H,17,18). The maximum absolute atomic E-state index is 11.6. The minimum Gasteiger partial charge on any atom is -0.479 e. The molecule has 1 atom stereocenters. The van der Waals surface area contributed by atoms with Crippen molar-refractivity contribution < 1.29 is 19.8 Å². The van der Waals surface area contributed by atoms with Crippen LogP contribution in [0.15, 0.2) is 54.8 Å². The summed E-state index contributed by atoms with van der Waals surface area (Å²) in [6, 6.07) is 8.27. The van der Waals surface area contributed by atoms with Crippen LogP contribution in [-0.2, 0) is 10.3 Å². The van der Waals surface area contributed by atoms with Crippen LogP contribution in [0.3, 0.4) is 0 Å². The number of allylic oxidation sites excluding steroid dienone is 2. The van der Waals surface area contributed by atoms with Crippen molar-refractivity contribution in [3.8, 4) is 0 Å². The van der Waals surface area contributed by atoms with Gasteiger partial charge in [-0.15, -0.1) is 0 Å². The summed E-state index contributed by atoms with van der Waals surface area (Å²) in [7, 11) is 0. The van der Waals surface area contributed by atoms with Gasteiger partial charge in [-0.25, -0.2) is 9.59 Å². The Hall–Kier alpha value is -2.56. The van der Waals surface area contributed by atoms with Gasteiger partial charge in [0.2, 0.25) is 0 Å². The first kappa shape index (κ1) is 11.9. The molecule has 18 heavy (non-hydrogen) atoms. The molecule has 5 heteroatoms. The van der Waals surface area contributed by atoms with Crippen molar-refractivity contribution in [3.05, 3.63) is 60.3 Å². The summed E-state index contributed by atoms with van der Waals surface area (Å²) in [5.74, 6) is -1.24. The van der Waals surface area contributed by atoms with E-state index in [0.29, 0.717) is 5.56 Å². The Morgan fingerprint density at radius 1 is 1.06 bits per heavy atom. The van der Waals surface area contributed by atoms with E-state index in [4.69, 9.17) is 5.11 Å². The molecule has 1 aromatic carbocycles. The van der Waals surface area contributed by atoms with Gasteiger partial charge in [0.1, 0.15) is 0 Å². The van der Waals surface area contributed by atoms with Gasteiger partial charge in [-0.3, -0.25) is 4.90 Å². The van der Waals surface area contributed by atoms with E-state index in [1.165, 1.54) is 24.4 Å². The number of carbonyl (C=O) groups is 2. The maximum atomic E-state index is 11.6. The third-order valence-corrected chi connectivity index (χ3v) is 2.81. The summed E-state index contributed by atoms with van der Waals surface area (Å²) in [5.41, 5.74) is -1.32. The minimum absolute atomic E-state index is 0.389. The van der Waals surface area contributed by atoms with Crippen LogP contribution in [0, 0.1) is 0 Å². The monoisotopic (exact) mass is 245 g/mol. The number of hydrogen-bond donors (Lipinski definition) is 2. The zero-order chi connectivity index (χ0) is 13.2. The molecule has 1 amide bonds. The Kier molecular flexibility index (Phi) is 2.89. The molecule has 2 rings (SSSR count). The van der Waals surface area contributed by atoms with E-state index in [-0.39, 0.29) is 0 Å². The van der Waals surface area contributed by atoms with Gasteiger partial charge in [0.05, 0.1) is 0 Å². The Labute approximate surface area is 103 Å². The second kappa shape index (κ2) is 4.37.